The number of ether oxygens (including phenoxy) is 1. The van der Waals surface area contributed by atoms with E-state index in [0.717, 1.165) is 18.8 Å². The number of nitrogen functional groups attached to an aromatic ring is 1. The zero-order valence-corrected chi connectivity index (χ0v) is 12.0. The molecule has 0 spiro atoms. The molecule has 0 aromatic carbocycles. The van der Waals surface area contributed by atoms with Gasteiger partial charge in [-0.05, 0) is 22.4 Å². The Balaban J connectivity index is 2.06. The van der Waals surface area contributed by atoms with Crippen molar-refractivity contribution in [1.29, 1.82) is 0 Å². The number of anilines is 2. The van der Waals surface area contributed by atoms with E-state index in [1.54, 1.807) is 0 Å². The molecule has 9 heteroatoms. The van der Waals surface area contributed by atoms with Gasteiger partial charge >= 0.3 is 6.09 Å². The molecule has 1 saturated heterocycles. The Labute approximate surface area is 118 Å². The number of hydrogen-bond donors (Lipinski definition) is 3. The first kappa shape index (κ1) is 13.8. The number of hydrogen-bond acceptors (Lipinski definition) is 7. The van der Waals surface area contributed by atoms with Gasteiger partial charge in [0.25, 0.3) is 0 Å². The molecule has 1 aliphatic heterocycles. The largest absolute Gasteiger partial charge is 0.453 e. The molecule has 1 amide bonds. The second-order valence-corrected chi connectivity index (χ2v) is 4.86. The van der Waals surface area contributed by atoms with Gasteiger partial charge in [-0.15, -0.1) is 0 Å². The number of alkyl carbamates (subject to hydrolysis) is 1. The molecule has 1 unspecified atom stereocenters. The predicted octanol–water partition coefficient (Wildman–Crippen LogP) is 0.459. The first-order chi connectivity index (χ1) is 9.15. The van der Waals surface area contributed by atoms with Gasteiger partial charge in [-0.25, -0.2) is 20.6 Å². The number of nitrogens with two attached hydrogens (primary N) is 1. The highest BCUT2D eigenvalue weighted by Crippen LogP contribution is 2.30. The number of nitrogens with one attached hydrogen (secondary N) is 2. The maximum atomic E-state index is 11.2. The van der Waals surface area contributed by atoms with Crippen molar-refractivity contribution in [1.82, 2.24) is 15.3 Å². The summed E-state index contributed by atoms with van der Waals surface area (Å²) < 4.78 is 5.29. The third-order valence-corrected chi connectivity index (χ3v) is 3.63. The first-order valence-corrected chi connectivity index (χ1v) is 6.51. The highest BCUT2D eigenvalue weighted by molar-refractivity contribution is 9.10. The SMILES string of the molecule is COC(=O)NC1CCN(c2ncnc(NN)c2Br)C1. The van der Waals surface area contributed by atoms with E-state index in [1.165, 1.54) is 13.4 Å². The van der Waals surface area contributed by atoms with E-state index in [1.807, 2.05) is 4.90 Å². The Kier molecular flexibility index (Phi) is 4.38. The molecule has 1 atom stereocenters. The minimum Gasteiger partial charge on any atom is -0.453 e. The van der Waals surface area contributed by atoms with Crippen LogP contribution in [-0.4, -0.2) is 42.3 Å². The average molecular weight is 331 g/mol. The minimum atomic E-state index is -0.419. The lowest BCUT2D eigenvalue weighted by molar-refractivity contribution is 0.167. The van der Waals surface area contributed by atoms with Crippen LogP contribution in [-0.2, 0) is 4.74 Å². The molecule has 1 aliphatic rings. The molecule has 0 aliphatic carbocycles. The lowest BCUT2D eigenvalue weighted by Gasteiger charge is -2.19. The van der Waals surface area contributed by atoms with Gasteiger partial charge in [0.1, 0.15) is 16.6 Å². The van der Waals surface area contributed by atoms with Crippen LogP contribution in [0.5, 0.6) is 0 Å². The average Bonchev–Trinajstić information content (AvgIpc) is 2.87. The molecular formula is C10H15BrN6O2. The second kappa shape index (κ2) is 6.02. The number of halogens is 1. The van der Waals surface area contributed by atoms with Crippen LogP contribution < -0.4 is 21.5 Å². The van der Waals surface area contributed by atoms with Crippen molar-refractivity contribution < 1.29 is 9.53 Å². The van der Waals surface area contributed by atoms with Crippen LogP contribution in [0.3, 0.4) is 0 Å². The number of aromatic nitrogens is 2. The van der Waals surface area contributed by atoms with E-state index in [-0.39, 0.29) is 6.04 Å². The fourth-order valence-electron chi connectivity index (χ4n) is 1.98. The number of nitrogens with zero attached hydrogens (tertiary/aromatic N) is 3. The van der Waals surface area contributed by atoms with Crippen LogP contribution >= 0.6 is 15.9 Å². The molecule has 1 aromatic rings. The van der Waals surface area contributed by atoms with Gasteiger partial charge in [0.05, 0.1) is 13.2 Å². The number of methoxy groups -OCH3 is 1. The van der Waals surface area contributed by atoms with Crippen molar-refractivity contribution >= 4 is 33.7 Å². The molecular weight excluding hydrogens is 316 g/mol. The van der Waals surface area contributed by atoms with Crippen molar-refractivity contribution in [2.75, 3.05) is 30.5 Å². The molecule has 104 valence electrons. The van der Waals surface area contributed by atoms with Crippen LogP contribution in [0, 0.1) is 0 Å². The third-order valence-electron chi connectivity index (χ3n) is 2.90. The minimum absolute atomic E-state index is 0.0450. The van der Waals surface area contributed by atoms with Crippen LogP contribution in [0.15, 0.2) is 10.8 Å². The highest BCUT2D eigenvalue weighted by atomic mass is 79.9. The van der Waals surface area contributed by atoms with Crippen LogP contribution in [0.4, 0.5) is 16.4 Å². The molecule has 2 rings (SSSR count). The highest BCUT2D eigenvalue weighted by Gasteiger charge is 2.27. The summed E-state index contributed by atoms with van der Waals surface area (Å²) in [5.74, 6) is 6.64. The van der Waals surface area contributed by atoms with Crippen LogP contribution in [0.25, 0.3) is 0 Å². The number of amides is 1. The number of rotatable bonds is 3. The number of hydrazine groups is 1. The summed E-state index contributed by atoms with van der Waals surface area (Å²) >= 11 is 3.41. The molecule has 2 heterocycles. The van der Waals surface area contributed by atoms with E-state index in [4.69, 9.17) is 5.84 Å². The molecule has 1 aromatic heterocycles. The van der Waals surface area contributed by atoms with E-state index >= 15 is 0 Å². The summed E-state index contributed by atoms with van der Waals surface area (Å²) in [6, 6.07) is 0.0450. The van der Waals surface area contributed by atoms with Gasteiger partial charge in [-0.1, -0.05) is 0 Å². The van der Waals surface area contributed by atoms with E-state index < -0.39 is 6.09 Å². The van der Waals surface area contributed by atoms with Crippen LogP contribution in [0.2, 0.25) is 0 Å². The van der Waals surface area contributed by atoms with Crippen molar-refractivity contribution in [3.05, 3.63) is 10.8 Å². The summed E-state index contributed by atoms with van der Waals surface area (Å²) in [6.07, 6.45) is 1.85. The Morgan fingerprint density at radius 1 is 1.63 bits per heavy atom. The fraction of sp³-hybridized carbons (Fsp3) is 0.500. The summed E-state index contributed by atoms with van der Waals surface area (Å²) in [5, 5.41) is 2.77. The smallest absolute Gasteiger partial charge is 0.407 e. The van der Waals surface area contributed by atoms with E-state index in [0.29, 0.717) is 16.8 Å². The zero-order chi connectivity index (χ0) is 13.8. The summed E-state index contributed by atoms with van der Waals surface area (Å²) in [5.41, 5.74) is 2.50. The zero-order valence-electron chi connectivity index (χ0n) is 10.4. The molecule has 0 saturated carbocycles. The number of carbonyl (C=O) groups excluding carboxylic acids is 1. The Hall–Kier alpha value is -1.61. The van der Waals surface area contributed by atoms with Gasteiger partial charge < -0.3 is 20.4 Å². The fourth-order valence-corrected chi connectivity index (χ4v) is 2.55. The van der Waals surface area contributed by atoms with E-state index in [9.17, 15) is 4.79 Å². The molecule has 19 heavy (non-hydrogen) atoms. The maximum absolute atomic E-state index is 11.2. The summed E-state index contributed by atoms with van der Waals surface area (Å²) in [4.78, 5) is 21.4. The van der Waals surface area contributed by atoms with Crippen molar-refractivity contribution in [2.24, 2.45) is 5.84 Å². The third kappa shape index (κ3) is 3.04. The summed E-state index contributed by atoms with van der Waals surface area (Å²) in [6.45, 7) is 1.45. The Morgan fingerprint density at radius 3 is 3.11 bits per heavy atom. The topological polar surface area (TPSA) is 105 Å². The maximum Gasteiger partial charge on any atom is 0.407 e. The molecule has 4 N–H and O–H groups in total. The molecule has 0 bridgehead atoms. The van der Waals surface area contributed by atoms with Crippen LogP contribution in [0.1, 0.15) is 6.42 Å². The van der Waals surface area contributed by atoms with Gasteiger partial charge in [0, 0.05) is 13.1 Å². The second-order valence-electron chi connectivity index (χ2n) is 4.07. The van der Waals surface area contributed by atoms with Gasteiger partial charge in [0.15, 0.2) is 5.82 Å². The quantitative estimate of drug-likeness (QED) is 0.546. The molecule has 1 fully saturated rings. The Bertz CT molecular complexity index is 471. The van der Waals surface area contributed by atoms with Gasteiger partial charge in [-0.3, -0.25) is 0 Å². The molecule has 8 nitrogen and oxygen atoms in total. The van der Waals surface area contributed by atoms with Crippen molar-refractivity contribution in [3.63, 3.8) is 0 Å². The van der Waals surface area contributed by atoms with E-state index in [2.05, 4.69) is 41.4 Å². The predicted molar refractivity (Wildman–Crippen MR) is 73.7 cm³/mol. The normalized spacial score (nSPS) is 18.3. The van der Waals surface area contributed by atoms with Crippen molar-refractivity contribution in [2.45, 2.75) is 12.5 Å². The monoisotopic (exact) mass is 330 g/mol. The summed E-state index contributed by atoms with van der Waals surface area (Å²) in [7, 11) is 1.35. The van der Waals surface area contributed by atoms with Crippen molar-refractivity contribution in [3.8, 4) is 0 Å². The Morgan fingerprint density at radius 2 is 2.42 bits per heavy atom. The van der Waals surface area contributed by atoms with Gasteiger partial charge in [-0.2, -0.15) is 0 Å². The standard InChI is InChI=1S/C10H15BrN6O2/c1-19-10(18)15-6-2-3-17(4-6)9-7(11)8(16-12)13-5-14-9/h5-6H,2-4,12H2,1H3,(H,15,18)(H,13,14,16). The molecule has 0 radical (unpaired) electrons. The lowest BCUT2D eigenvalue weighted by Crippen LogP contribution is -2.37. The first-order valence-electron chi connectivity index (χ1n) is 5.72. The van der Waals surface area contributed by atoms with Gasteiger partial charge in [0.2, 0.25) is 0 Å². The lowest BCUT2D eigenvalue weighted by atomic mass is 10.3. The number of carbonyl (C=O) groups is 1.